The number of hydrogen-bond donors (Lipinski definition) is 2. The van der Waals surface area contributed by atoms with Crippen molar-refractivity contribution in [2.75, 3.05) is 7.05 Å². The molecular formula is C17H27N5S. The van der Waals surface area contributed by atoms with Crippen LogP contribution in [0.15, 0.2) is 17.1 Å². The molecule has 1 atom stereocenters. The highest BCUT2D eigenvalue weighted by Gasteiger charge is 2.11. The Morgan fingerprint density at radius 3 is 2.61 bits per heavy atom. The van der Waals surface area contributed by atoms with Crippen LogP contribution >= 0.6 is 11.3 Å². The second kappa shape index (κ2) is 7.64. The second-order valence-corrected chi connectivity index (χ2v) is 7.33. The fraction of sp³-hybridized carbons (Fsp3) is 0.529. The van der Waals surface area contributed by atoms with Crippen molar-refractivity contribution >= 4 is 17.3 Å². The summed E-state index contributed by atoms with van der Waals surface area (Å²) in [4.78, 5) is 7.09. The first-order valence-electron chi connectivity index (χ1n) is 7.92. The summed E-state index contributed by atoms with van der Waals surface area (Å²) >= 11 is 1.86. The van der Waals surface area contributed by atoms with E-state index in [9.17, 15) is 0 Å². The Labute approximate surface area is 142 Å². The van der Waals surface area contributed by atoms with Gasteiger partial charge < -0.3 is 10.6 Å². The smallest absolute Gasteiger partial charge is 0.191 e. The highest BCUT2D eigenvalue weighted by atomic mass is 32.1. The molecule has 126 valence electrons. The van der Waals surface area contributed by atoms with Gasteiger partial charge in [0.2, 0.25) is 0 Å². The number of aliphatic imine (C=N–C) groups is 1. The van der Waals surface area contributed by atoms with Gasteiger partial charge in [0, 0.05) is 54.1 Å². The highest BCUT2D eigenvalue weighted by Crippen LogP contribution is 2.16. The Morgan fingerprint density at radius 2 is 2.09 bits per heavy atom. The molecule has 2 rings (SSSR count). The largest absolute Gasteiger partial charge is 0.354 e. The van der Waals surface area contributed by atoms with Crippen molar-refractivity contribution in [3.63, 3.8) is 0 Å². The van der Waals surface area contributed by atoms with Gasteiger partial charge in [-0.25, -0.2) is 0 Å². The van der Waals surface area contributed by atoms with Gasteiger partial charge in [-0.15, -0.1) is 11.3 Å². The van der Waals surface area contributed by atoms with Crippen molar-refractivity contribution in [3.8, 4) is 0 Å². The first-order valence-corrected chi connectivity index (χ1v) is 8.74. The lowest BCUT2D eigenvalue weighted by atomic mass is 10.2. The predicted molar refractivity (Wildman–Crippen MR) is 98.2 cm³/mol. The van der Waals surface area contributed by atoms with Crippen LogP contribution in [0.1, 0.15) is 33.6 Å². The first kappa shape index (κ1) is 17.5. The molecule has 0 bridgehead atoms. The summed E-state index contributed by atoms with van der Waals surface area (Å²) in [6, 6.07) is 4.71. The van der Waals surface area contributed by atoms with Crippen LogP contribution in [0.2, 0.25) is 0 Å². The SMILES string of the molecule is CN=C(NCc1c(C)nn(C)c1C)NC(C)Cc1ccc(C)s1. The Hall–Kier alpha value is -1.82. The van der Waals surface area contributed by atoms with Crippen LogP contribution in [-0.4, -0.2) is 28.8 Å². The summed E-state index contributed by atoms with van der Waals surface area (Å²) < 4.78 is 1.92. The van der Waals surface area contributed by atoms with Gasteiger partial charge in [0.25, 0.3) is 0 Å². The van der Waals surface area contributed by atoms with Gasteiger partial charge in [0.05, 0.1) is 5.69 Å². The lowest BCUT2D eigenvalue weighted by Gasteiger charge is -2.17. The molecule has 0 amide bonds. The summed E-state index contributed by atoms with van der Waals surface area (Å²) in [6.07, 6.45) is 1.00. The van der Waals surface area contributed by atoms with E-state index in [-0.39, 0.29) is 0 Å². The van der Waals surface area contributed by atoms with Crippen LogP contribution in [0.4, 0.5) is 0 Å². The maximum atomic E-state index is 4.45. The number of guanidine groups is 1. The summed E-state index contributed by atoms with van der Waals surface area (Å²) in [7, 11) is 3.78. The molecule has 5 nitrogen and oxygen atoms in total. The van der Waals surface area contributed by atoms with Crippen LogP contribution in [0, 0.1) is 20.8 Å². The molecule has 2 aromatic heterocycles. The summed E-state index contributed by atoms with van der Waals surface area (Å²) in [5, 5.41) is 11.3. The fourth-order valence-corrected chi connectivity index (χ4v) is 3.64. The average molecular weight is 334 g/mol. The molecule has 0 aliphatic carbocycles. The number of thiophene rings is 1. The van der Waals surface area contributed by atoms with E-state index in [4.69, 9.17) is 0 Å². The fourth-order valence-electron chi connectivity index (χ4n) is 2.62. The molecule has 23 heavy (non-hydrogen) atoms. The van der Waals surface area contributed by atoms with Gasteiger partial charge in [-0.2, -0.15) is 5.10 Å². The normalized spacial score (nSPS) is 13.2. The molecule has 6 heteroatoms. The van der Waals surface area contributed by atoms with Crippen LogP contribution in [0.3, 0.4) is 0 Å². The van der Waals surface area contributed by atoms with Crippen molar-refractivity contribution in [3.05, 3.63) is 38.8 Å². The third-order valence-electron chi connectivity index (χ3n) is 4.00. The Bertz CT molecular complexity index is 683. The van der Waals surface area contributed by atoms with E-state index >= 15 is 0 Å². The van der Waals surface area contributed by atoms with Crippen molar-refractivity contribution in [2.45, 2.75) is 46.7 Å². The topological polar surface area (TPSA) is 54.2 Å². The zero-order valence-corrected chi connectivity index (χ0v) is 15.7. The quantitative estimate of drug-likeness (QED) is 0.653. The molecule has 0 saturated carbocycles. The summed E-state index contributed by atoms with van der Waals surface area (Å²) in [6.45, 7) is 9.20. The Kier molecular flexibility index (Phi) is 5.82. The van der Waals surface area contributed by atoms with Crippen LogP contribution in [0.5, 0.6) is 0 Å². The number of nitrogens with zero attached hydrogens (tertiary/aromatic N) is 3. The molecule has 2 heterocycles. The molecule has 2 aromatic rings. The third-order valence-corrected chi connectivity index (χ3v) is 5.02. The van der Waals surface area contributed by atoms with E-state index in [1.54, 1.807) is 7.05 Å². The number of hydrogen-bond acceptors (Lipinski definition) is 3. The molecule has 0 fully saturated rings. The van der Waals surface area contributed by atoms with Crippen molar-refractivity contribution in [1.82, 2.24) is 20.4 Å². The molecular weight excluding hydrogens is 306 g/mol. The first-order chi connectivity index (χ1) is 10.9. The maximum absolute atomic E-state index is 4.45. The summed E-state index contributed by atoms with van der Waals surface area (Å²) in [5.41, 5.74) is 3.49. The van der Waals surface area contributed by atoms with Crippen LogP contribution in [-0.2, 0) is 20.0 Å². The van der Waals surface area contributed by atoms with E-state index < -0.39 is 0 Å². The zero-order valence-electron chi connectivity index (χ0n) is 14.9. The number of aryl methyl sites for hydroxylation is 3. The molecule has 0 radical (unpaired) electrons. The van der Waals surface area contributed by atoms with Crippen molar-refractivity contribution < 1.29 is 0 Å². The maximum Gasteiger partial charge on any atom is 0.191 e. The van der Waals surface area contributed by atoms with Gasteiger partial charge in [0.15, 0.2) is 5.96 Å². The molecule has 1 unspecified atom stereocenters. The van der Waals surface area contributed by atoms with E-state index in [1.165, 1.54) is 21.0 Å². The minimum Gasteiger partial charge on any atom is -0.354 e. The number of nitrogens with one attached hydrogen (secondary N) is 2. The second-order valence-electron chi connectivity index (χ2n) is 5.96. The minimum absolute atomic E-state index is 0.329. The van der Waals surface area contributed by atoms with E-state index in [0.29, 0.717) is 6.04 Å². The summed E-state index contributed by atoms with van der Waals surface area (Å²) in [5.74, 6) is 0.827. The van der Waals surface area contributed by atoms with Gasteiger partial charge >= 0.3 is 0 Å². The Morgan fingerprint density at radius 1 is 1.35 bits per heavy atom. The van der Waals surface area contributed by atoms with Gasteiger partial charge in [-0.05, 0) is 39.8 Å². The minimum atomic E-state index is 0.329. The number of rotatable bonds is 5. The molecule has 0 aromatic carbocycles. The van der Waals surface area contributed by atoms with Crippen LogP contribution < -0.4 is 10.6 Å². The molecule has 0 spiro atoms. The third kappa shape index (κ3) is 4.58. The van der Waals surface area contributed by atoms with E-state index in [0.717, 1.165) is 24.6 Å². The lowest BCUT2D eigenvalue weighted by molar-refractivity contribution is 0.644. The van der Waals surface area contributed by atoms with Gasteiger partial charge in [-0.3, -0.25) is 9.67 Å². The molecule has 0 aliphatic rings. The Balaban J connectivity index is 1.90. The van der Waals surface area contributed by atoms with Gasteiger partial charge in [0.1, 0.15) is 0 Å². The molecule has 0 aliphatic heterocycles. The van der Waals surface area contributed by atoms with Crippen molar-refractivity contribution in [1.29, 1.82) is 0 Å². The predicted octanol–water partition coefficient (Wildman–Crippen LogP) is 2.70. The molecule has 0 saturated heterocycles. The van der Waals surface area contributed by atoms with Crippen LogP contribution in [0.25, 0.3) is 0 Å². The van der Waals surface area contributed by atoms with E-state index in [2.05, 4.69) is 53.6 Å². The monoisotopic (exact) mass is 333 g/mol. The van der Waals surface area contributed by atoms with Gasteiger partial charge in [-0.1, -0.05) is 0 Å². The highest BCUT2D eigenvalue weighted by molar-refractivity contribution is 7.11. The van der Waals surface area contributed by atoms with E-state index in [1.807, 2.05) is 30.0 Å². The van der Waals surface area contributed by atoms with Crippen molar-refractivity contribution in [2.24, 2.45) is 12.0 Å². The zero-order chi connectivity index (χ0) is 17.0. The standard InChI is InChI=1S/C17H27N5S/c1-11(9-15-8-7-12(2)23-15)20-17(18-5)19-10-16-13(3)21-22(6)14(16)4/h7-8,11H,9-10H2,1-6H3,(H2,18,19,20). The number of aromatic nitrogens is 2. The lowest BCUT2D eigenvalue weighted by Crippen LogP contribution is -2.42. The molecule has 2 N–H and O–H groups in total. The average Bonchev–Trinajstić information content (AvgIpc) is 3.00.